The van der Waals surface area contributed by atoms with Crippen LogP contribution in [0.4, 0.5) is 0 Å². The molecular formula is C25H34N2O2S. The average molecular weight is 427 g/mol. The molecule has 2 amide bonds. The van der Waals surface area contributed by atoms with E-state index in [2.05, 4.69) is 11.4 Å². The van der Waals surface area contributed by atoms with Crippen molar-refractivity contribution >= 4 is 23.6 Å². The first-order chi connectivity index (χ1) is 14.4. The molecule has 0 heterocycles. The largest absolute Gasteiger partial charge is 0.352 e. The Labute approximate surface area is 185 Å². The Morgan fingerprint density at radius 3 is 2.40 bits per heavy atom. The fourth-order valence-electron chi connectivity index (χ4n) is 3.28. The lowest BCUT2D eigenvalue weighted by Gasteiger charge is -2.31. The number of nitrogens with zero attached hydrogens (tertiary/aromatic N) is 1. The molecule has 0 aliphatic carbocycles. The van der Waals surface area contributed by atoms with E-state index in [1.165, 1.54) is 0 Å². The predicted octanol–water partition coefficient (Wildman–Crippen LogP) is 5.20. The summed E-state index contributed by atoms with van der Waals surface area (Å²) in [5, 5.41) is 3.06. The molecule has 0 unspecified atom stereocenters. The Morgan fingerprint density at radius 2 is 1.77 bits per heavy atom. The molecule has 0 fully saturated rings. The molecule has 2 atom stereocenters. The molecule has 0 aromatic heterocycles. The van der Waals surface area contributed by atoms with Crippen molar-refractivity contribution in [2.75, 3.05) is 5.75 Å². The Hall–Kier alpha value is -2.27. The van der Waals surface area contributed by atoms with Crippen LogP contribution in [0, 0.1) is 6.92 Å². The van der Waals surface area contributed by atoms with Gasteiger partial charge in [0, 0.05) is 29.7 Å². The van der Waals surface area contributed by atoms with Gasteiger partial charge in [0.1, 0.15) is 6.04 Å². The van der Waals surface area contributed by atoms with Crippen LogP contribution in [0.5, 0.6) is 0 Å². The van der Waals surface area contributed by atoms with Crippen LogP contribution in [0.1, 0.15) is 51.2 Å². The Balaban J connectivity index is 2.13. The molecule has 1 N–H and O–H groups in total. The molecule has 5 heteroatoms. The monoisotopic (exact) mass is 426 g/mol. The van der Waals surface area contributed by atoms with Gasteiger partial charge < -0.3 is 10.2 Å². The molecule has 2 aromatic carbocycles. The van der Waals surface area contributed by atoms with Crippen molar-refractivity contribution in [1.29, 1.82) is 0 Å². The Morgan fingerprint density at radius 1 is 1.03 bits per heavy atom. The van der Waals surface area contributed by atoms with E-state index in [4.69, 9.17) is 0 Å². The quantitative estimate of drug-likeness (QED) is 0.503. The van der Waals surface area contributed by atoms with Gasteiger partial charge in [-0.05, 0) is 44.4 Å². The van der Waals surface area contributed by atoms with Gasteiger partial charge in [0.2, 0.25) is 11.8 Å². The van der Waals surface area contributed by atoms with E-state index in [1.54, 1.807) is 16.7 Å². The average Bonchev–Trinajstić information content (AvgIpc) is 2.74. The number of amides is 2. The molecular weight excluding hydrogens is 392 g/mol. The van der Waals surface area contributed by atoms with Crippen molar-refractivity contribution in [3.05, 3.63) is 65.7 Å². The van der Waals surface area contributed by atoms with Crippen LogP contribution in [0.3, 0.4) is 0 Å². The van der Waals surface area contributed by atoms with Crippen molar-refractivity contribution in [2.45, 2.75) is 70.5 Å². The number of hydrogen-bond acceptors (Lipinski definition) is 3. The van der Waals surface area contributed by atoms with Crippen LogP contribution in [0.15, 0.2) is 59.5 Å². The van der Waals surface area contributed by atoms with Gasteiger partial charge in [-0.25, -0.2) is 0 Å². The van der Waals surface area contributed by atoms with Gasteiger partial charge >= 0.3 is 0 Å². The molecule has 0 saturated heterocycles. The van der Waals surface area contributed by atoms with Gasteiger partial charge in [0.25, 0.3) is 0 Å². The first kappa shape index (κ1) is 24.0. The number of hydrogen-bond donors (Lipinski definition) is 1. The van der Waals surface area contributed by atoms with Crippen molar-refractivity contribution < 1.29 is 9.59 Å². The van der Waals surface area contributed by atoms with Gasteiger partial charge in [-0.3, -0.25) is 9.59 Å². The molecule has 162 valence electrons. The van der Waals surface area contributed by atoms with Crippen molar-refractivity contribution in [3.63, 3.8) is 0 Å². The number of benzene rings is 2. The van der Waals surface area contributed by atoms with Crippen LogP contribution in [0.25, 0.3) is 0 Å². The van der Waals surface area contributed by atoms with Crippen LogP contribution < -0.4 is 5.32 Å². The van der Waals surface area contributed by atoms with E-state index in [-0.39, 0.29) is 17.9 Å². The summed E-state index contributed by atoms with van der Waals surface area (Å²) in [7, 11) is 0. The maximum atomic E-state index is 13.2. The van der Waals surface area contributed by atoms with Gasteiger partial charge in [0.15, 0.2) is 0 Å². The lowest BCUT2D eigenvalue weighted by molar-refractivity contribution is -0.141. The third-order valence-electron chi connectivity index (χ3n) is 5.15. The van der Waals surface area contributed by atoms with E-state index < -0.39 is 6.04 Å². The van der Waals surface area contributed by atoms with Gasteiger partial charge in [-0.15, -0.1) is 11.8 Å². The minimum atomic E-state index is -0.464. The zero-order valence-corrected chi connectivity index (χ0v) is 19.4. The summed E-state index contributed by atoms with van der Waals surface area (Å²) in [6, 6.07) is 17.9. The minimum Gasteiger partial charge on any atom is -0.352 e. The highest BCUT2D eigenvalue weighted by Gasteiger charge is 2.28. The third-order valence-corrected chi connectivity index (χ3v) is 6.16. The van der Waals surface area contributed by atoms with Crippen molar-refractivity contribution in [1.82, 2.24) is 10.2 Å². The molecule has 4 nitrogen and oxygen atoms in total. The molecule has 2 rings (SSSR count). The van der Waals surface area contributed by atoms with E-state index in [0.717, 1.165) is 22.4 Å². The van der Waals surface area contributed by atoms with Gasteiger partial charge in [-0.2, -0.15) is 0 Å². The Kier molecular flexibility index (Phi) is 9.95. The normalized spacial score (nSPS) is 12.8. The number of carbonyl (C=O) groups is 2. The fourth-order valence-corrected chi connectivity index (χ4v) is 4.15. The van der Waals surface area contributed by atoms with Crippen LogP contribution >= 0.6 is 11.8 Å². The first-order valence-corrected chi connectivity index (χ1v) is 11.8. The molecule has 30 heavy (non-hydrogen) atoms. The topological polar surface area (TPSA) is 49.4 Å². The summed E-state index contributed by atoms with van der Waals surface area (Å²) in [6.07, 6.45) is 1.85. The summed E-state index contributed by atoms with van der Waals surface area (Å²) in [5.74, 6) is 0.644. The van der Waals surface area contributed by atoms with Crippen molar-refractivity contribution in [3.8, 4) is 0 Å². The van der Waals surface area contributed by atoms with Gasteiger partial charge in [0.05, 0.1) is 0 Å². The summed E-state index contributed by atoms with van der Waals surface area (Å²) >= 11 is 1.67. The molecule has 0 radical (unpaired) electrons. The molecule has 0 spiro atoms. The SMILES string of the molecule is CC[C@@H](C)NC(=O)[C@H](CC)N(Cc1cccc(C)c1)C(=O)CCSc1ccccc1. The molecule has 0 aliphatic heterocycles. The lowest BCUT2D eigenvalue weighted by Crippen LogP contribution is -2.50. The maximum Gasteiger partial charge on any atom is 0.243 e. The fraction of sp³-hybridized carbons (Fsp3) is 0.440. The predicted molar refractivity (Wildman–Crippen MR) is 125 cm³/mol. The van der Waals surface area contributed by atoms with E-state index >= 15 is 0 Å². The van der Waals surface area contributed by atoms with E-state index in [1.807, 2.05) is 76.2 Å². The highest BCUT2D eigenvalue weighted by Crippen LogP contribution is 2.20. The zero-order chi connectivity index (χ0) is 21.9. The van der Waals surface area contributed by atoms with Crippen LogP contribution in [-0.2, 0) is 16.1 Å². The number of aryl methyl sites for hydroxylation is 1. The molecule has 2 aromatic rings. The second-order valence-electron chi connectivity index (χ2n) is 7.66. The number of nitrogens with one attached hydrogen (secondary N) is 1. The standard InChI is InChI=1S/C25H34N2O2S/c1-5-20(4)26-25(29)23(6-2)27(18-21-12-10-11-19(3)17-21)24(28)15-16-30-22-13-8-7-9-14-22/h7-14,17,20,23H,5-6,15-16,18H2,1-4H3,(H,26,29)/t20-,23+/m1/s1. The summed E-state index contributed by atoms with van der Waals surface area (Å²) in [6.45, 7) is 8.49. The molecule has 0 bridgehead atoms. The van der Waals surface area contributed by atoms with E-state index in [9.17, 15) is 9.59 Å². The molecule has 0 aliphatic rings. The van der Waals surface area contributed by atoms with Crippen LogP contribution in [-0.4, -0.2) is 34.6 Å². The smallest absolute Gasteiger partial charge is 0.243 e. The summed E-state index contributed by atoms with van der Waals surface area (Å²) in [5.41, 5.74) is 2.20. The number of thioether (sulfide) groups is 1. The maximum absolute atomic E-state index is 13.2. The lowest BCUT2D eigenvalue weighted by atomic mass is 10.1. The third kappa shape index (κ3) is 7.52. The number of carbonyl (C=O) groups excluding carboxylic acids is 2. The Bertz CT molecular complexity index is 810. The van der Waals surface area contributed by atoms with Gasteiger partial charge in [-0.1, -0.05) is 61.9 Å². The van der Waals surface area contributed by atoms with Crippen molar-refractivity contribution in [2.24, 2.45) is 0 Å². The minimum absolute atomic E-state index is 0.0195. The first-order valence-electron chi connectivity index (χ1n) is 10.8. The number of rotatable bonds is 11. The summed E-state index contributed by atoms with van der Waals surface area (Å²) < 4.78 is 0. The van der Waals surface area contributed by atoms with Crippen LogP contribution in [0.2, 0.25) is 0 Å². The zero-order valence-electron chi connectivity index (χ0n) is 18.6. The second-order valence-corrected chi connectivity index (χ2v) is 8.83. The second kappa shape index (κ2) is 12.4. The van der Waals surface area contributed by atoms with E-state index in [0.29, 0.717) is 25.1 Å². The summed E-state index contributed by atoms with van der Waals surface area (Å²) in [4.78, 5) is 29.1. The molecule has 0 saturated carbocycles. The highest BCUT2D eigenvalue weighted by atomic mass is 32.2. The highest BCUT2D eigenvalue weighted by molar-refractivity contribution is 7.99.